The maximum Gasteiger partial charge on any atom is 0.162 e. The van der Waals surface area contributed by atoms with Gasteiger partial charge in [-0.15, -0.1) is 0 Å². The lowest BCUT2D eigenvalue weighted by Gasteiger charge is -2.22. The quantitative estimate of drug-likeness (QED) is 0.825. The third-order valence-corrected chi connectivity index (χ3v) is 3.57. The molecule has 0 saturated carbocycles. The zero-order valence-corrected chi connectivity index (χ0v) is 10.5. The van der Waals surface area contributed by atoms with Crippen molar-refractivity contribution in [1.29, 1.82) is 5.26 Å². The standard InChI is InChI=1S/C15H18N2O/c16-11-13-1-4-14(5-2-13)15(18)6-3-12-7-9-17-10-8-12/h1-2,4-5,12,17H,3,6-10H2. The van der Waals surface area contributed by atoms with Crippen LogP contribution in [0.25, 0.3) is 0 Å². The van der Waals surface area contributed by atoms with E-state index >= 15 is 0 Å². The van der Waals surface area contributed by atoms with E-state index in [1.54, 1.807) is 24.3 Å². The van der Waals surface area contributed by atoms with Gasteiger partial charge in [-0.1, -0.05) is 12.1 Å². The van der Waals surface area contributed by atoms with E-state index in [1.807, 2.05) is 0 Å². The van der Waals surface area contributed by atoms with Crippen LogP contribution in [0.5, 0.6) is 0 Å². The average molecular weight is 242 g/mol. The van der Waals surface area contributed by atoms with Crippen molar-refractivity contribution in [3.05, 3.63) is 35.4 Å². The summed E-state index contributed by atoms with van der Waals surface area (Å²) in [5.41, 5.74) is 1.33. The molecule has 0 aromatic heterocycles. The van der Waals surface area contributed by atoms with Crippen LogP contribution in [0.4, 0.5) is 0 Å². The van der Waals surface area contributed by atoms with Gasteiger partial charge in [-0.3, -0.25) is 4.79 Å². The largest absolute Gasteiger partial charge is 0.317 e. The van der Waals surface area contributed by atoms with Gasteiger partial charge >= 0.3 is 0 Å². The number of nitriles is 1. The van der Waals surface area contributed by atoms with E-state index in [9.17, 15) is 4.79 Å². The topological polar surface area (TPSA) is 52.9 Å². The Balaban J connectivity index is 1.85. The Morgan fingerprint density at radius 1 is 1.28 bits per heavy atom. The van der Waals surface area contributed by atoms with Gasteiger partial charge in [0.2, 0.25) is 0 Å². The van der Waals surface area contributed by atoms with Crippen molar-refractivity contribution in [3.8, 4) is 6.07 Å². The number of nitrogens with zero attached hydrogens (tertiary/aromatic N) is 1. The van der Waals surface area contributed by atoms with Crippen LogP contribution in [0.1, 0.15) is 41.6 Å². The number of benzene rings is 1. The van der Waals surface area contributed by atoms with Gasteiger partial charge in [0.05, 0.1) is 11.6 Å². The molecule has 0 unspecified atom stereocenters. The monoisotopic (exact) mass is 242 g/mol. The molecule has 1 aromatic carbocycles. The van der Waals surface area contributed by atoms with Crippen molar-refractivity contribution >= 4 is 5.78 Å². The zero-order valence-electron chi connectivity index (χ0n) is 10.5. The predicted octanol–water partition coefficient (Wildman–Crippen LogP) is 2.52. The lowest BCUT2D eigenvalue weighted by atomic mass is 9.91. The lowest BCUT2D eigenvalue weighted by molar-refractivity contribution is 0.0971. The highest BCUT2D eigenvalue weighted by molar-refractivity contribution is 5.96. The van der Waals surface area contributed by atoms with Crippen molar-refractivity contribution in [2.45, 2.75) is 25.7 Å². The summed E-state index contributed by atoms with van der Waals surface area (Å²) in [6.07, 6.45) is 3.97. The number of rotatable bonds is 4. The third kappa shape index (κ3) is 3.41. The molecule has 1 saturated heterocycles. The number of Topliss-reactive ketones (excluding diaryl/α,β-unsaturated/α-hetero) is 1. The van der Waals surface area contributed by atoms with Gasteiger partial charge in [-0.05, 0) is 50.4 Å². The van der Waals surface area contributed by atoms with Crippen LogP contribution < -0.4 is 5.32 Å². The number of nitrogens with one attached hydrogen (secondary N) is 1. The Morgan fingerprint density at radius 2 is 1.94 bits per heavy atom. The van der Waals surface area contributed by atoms with Crippen molar-refractivity contribution in [2.75, 3.05) is 13.1 Å². The summed E-state index contributed by atoms with van der Waals surface area (Å²) in [5.74, 6) is 0.881. The summed E-state index contributed by atoms with van der Waals surface area (Å²) >= 11 is 0. The van der Waals surface area contributed by atoms with Crippen molar-refractivity contribution < 1.29 is 4.79 Å². The summed E-state index contributed by atoms with van der Waals surface area (Å²) in [4.78, 5) is 12.0. The van der Waals surface area contributed by atoms with Gasteiger partial charge in [0.1, 0.15) is 0 Å². The molecule has 1 aliphatic heterocycles. The minimum absolute atomic E-state index is 0.193. The first-order valence-electron chi connectivity index (χ1n) is 6.53. The van der Waals surface area contributed by atoms with E-state index in [-0.39, 0.29) is 5.78 Å². The molecule has 0 spiro atoms. The van der Waals surface area contributed by atoms with Crippen molar-refractivity contribution in [2.24, 2.45) is 5.92 Å². The van der Waals surface area contributed by atoms with E-state index in [4.69, 9.17) is 5.26 Å². The van der Waals surface area contributed by atoms with Crippen molar-refractivity contribution in [1.82, 2.24) is 5.32 Å². The van der Waals surface area contributed by atoms with Crippen LogP contribution in [-0.2, 0) is 0 Å². The molecule has 0 atom stereocenters. The summed E-state index contributed by atoms with van der Waals surface area (Å²) < 4.78 is 0. The first-order chi connectivity index (χ1) is 8.79. The zero-order chi connectivity index (χ0) is 12.8. The van der Waals surface area contributed by atoms with Crippen LogP contribution in [0, 0.1) is 17.2 Å². The Labute approximate surface area is 108 Å². The molecule has 18 heavy (non-hydrogen) atoms. The number of hydrogen-bond acceptors (Lipinski definition) is 3. The summed E-state index contributed by atoms with van der Waals surface area (Å²) in [6.45, 7) is 2.16. The molecular weight excluding hydrogens is 224 g/mol. The highest BCUT2D eigenvalue weighted by Gasteiger charge is 2.15. The number of ketones is 1. The Hall–Kier alpha value is -1.66. The Kier molecular flexibility index (Phi) is 4.49. The molecule has 0 aliphatic carbocycles. The van der Waals surface area contributed by atoms with Crippen LogP contribution in [0.3, 0.4) is 0 Å². The predicted molar refractivity (Wildman–Crippen MR) is 70.3 cm³/mol. The highest BCUT2D eigenvalue weighted by atomic mass is 16.1. The summed E-state index contributed by atoms with van der Waals surface area (Å²) in [7, 11) is 0. The molecule has 0 bridgehead atoms. The molecule has 94 valence electrons. The average Bonchev–Trinajstić information content (AvgIpc) is 2.46. The van der Waals surface area contributed by atoms with Gasteiger partial charge in [-0.25, -0.2) is 0 Å². The molecule has 1 aliphatic rings. The second-order valence-electron chi connectivity index (χ2n) is 4.84. The van der Waals surface area contributed by atoms with Gasteiger partial charge in [0.25, 0.3) is 0 Å². The fourth-order valence-electron chi connectivity index (χ4n) is 2.38. The van der Waals surface area contributed by atoms with Crippen LogP contribution in [0.15, 0.2) is 24.3 Å². The van der Waals surface area contributed by atoms with Crippen molar-refractivity contribution in [3.63, 3.8) is 0 Å². The first kappa shape index (κ1) is 12.8. The van der Waals surface area contributed by atoms with E-state index in [2.05, 4.69) is 11.4 Å². The molecule has 3 nitrogen and oxygen atoms in total. The van der Waals surface area contributed by atoms with E-state index in [0.717, 1.165) is 25.1 Å². The fourth-order valence-corrected chi connectivity index (χ4v) is 2.38. The van der Waals surface area contributed by atoms with Crippen LogP contribution in [-0.4, -0.2) is 18.9 Å². The number of hydrogen-bond donors (Lipinski definition) is 1. The second-order valence-corrected chi connectivity index (χ2v) is 4.84. The molecular formula is C15H18N2O. The number of piperidine rings is 1. The molecule has 0 radical (unpaired) electrons. The van der Waals surface area contributed by atoms with Crippen LogP contribution in [0.2, 0.25) is 0 Å². The third-order valence-electron chi connectivity index (χ3n) is 3.57. The normalized spacial score (nSPS) is 16.2. The molecule has 0 amide bonds. The number of carbonyl (C=O) groups is 1. The molecule has 1 aromatic rings. The summed E-state index contributed by atoms with van der Waals surface area (Å²) in [6, 6.07) is 8.98. The van der Waals surface area contributed by atoms with Crippen LogP contribution >= 0.6 is 0 Å². The maximum atomic E-state index is 12.0. The maximum absolute atomic E-state index is 12.0. The summed E-state index contributed by atoms with van der Waals surface area (Å²) in [5, 5.41) is 12.0. The minimum Gasteiger partial charge on any atom is -0.317 e. The smallest absolute Gasteiger partial charge is 0.162 e. The van der Waals surface area contributed by atoms with Gasteiger partial charge < -0.3 is 5.32 Å². The minimum atomic E-state index is 0.193. The molecule has 2 rings (SSSR count). The van der Waals surface area contributed by atoms with Gasteiger partial charge in [-0.2, -0.15) is 5.26 Å². The van der Waals surface area contributed by atoms with E-state index in [1.165, 1.54) is 12.8 Å². The first-order valence-corrected chi connectivity index (χ1v) is 6.53. The van der Waals surface area contributed by atoms with E-state index < -0.39 is 0 Å². The Morgan fingerprint density at radius 3 is 2.56 bits per heavy atom. The lowest BCUT2D eigenvalue weighted by Crippen LogP contribution is -2.27. The van der Waals surface area contributed by atoms with Gasteiger partial charge in [0, 0.05) is 12.0 Å². The second kappa shape index (κ2) is 6.32. The SMILES string of the molecule is N#Cc1ccc(C(=O)CCC2CCNCC2)cc1. The van der Waals surface area contributed by atoms with E-state index in [0.29, 0.717) is 17.9 Å². The Bertz CT molecular complexity index is 439. The highest BCUT2D eigenvalue weighted by Crippen LogP contribution is 2.19. The molecule has 1 fully saturated rings. The molecule has 1 N–H and O–H groups in total. The number of carbonyl (C=O) groups excluding carboxylic acids is 1. The fraction of sp³-hybridized carbons (Fsp3) is 0.467. The molecule has 1 heterocycles. The van der Waals surface area contributed by atoms with Gasteiger partial charge in [0.15, 0.2) is 5.78 Å². The molecule has 3 heteroatoms.